The third-order valence-electron chi connectivity index (χ3n) is 6.05. The summed E-state index contributed by atoms with van der Waals surface area (Å²) in [5.74, 6) is 1.40. The van der Waals surface area contributed by atoms with Gasteiger partial charge in [-0.05, 0) is 42.5 Å². The average molecular weight is 437 g/mol. The number of ether oxygens (including phenoxy) is 1. The van der Waals surface area contributed by atoms with E-state index in [1.165, 1.54) is 5.56 Å². The molecule has 0 spiro atoms. The zero-order valence-corrected chi connectivity index (χ0v) is 19.3. The van der Waals surface area contributed by atoms with E-state index in [1.54, 1.807) is 18.2 Å². The Morgan fingerprint density at radius 2 is 1.81 bits per heavy atom. The first-order valence-corrected chi connectivity index (χ1v) is 11.5. The quantitative estimate of drug-likeness (QED) is 0.597. The minimum Gasteiger partial charge on any atom is -0.497 e. The molecule has 1 heterocycles. The Kier molecular flexibility index (Phi) is 8.99. The molecule has 1 aliphatic rings. The minimum absolute atomic E-state index is 0.0766. The highest BCUT2D eigenvalue weighted by Gasteiger charge is 2.28. The van der Waals surface area contributed by atoms with Crippen LogP contribution in [0.5, 0.6) is 5.75 Å². The van der Waals surface area contributed by atoms with E-state index in [0.29, 0.717) is 18.8 Å². The molecule has 0 saturated carbocycles. The van der Waals surface area contributed by atoms with Crippen LogP contribution >= 0.6 is 0 Å². The number of amides is 1. The first kappa shape index (κ1) is 23.7. The molecule has 1 amide bonds. The third-order valence-corrected chi connectivity index (χ3v) is 6.05. The van der Waals surface area contributed by atoms with Crippen LogP contribution in [-0.2, 0) is 17.8 Å². The molecular formula is C26H36N4O2. The number of methoxy groups -OCH3 is 1. The summed E-state index contributed by atoms with van der Waals surface area (Å²) in [6.07, 6.45) is 5.14. The van der Waals surface area contributed by atoms with Crippen LogP contribution in [0.3, 0.4) is 0 Å². The van der Waals surface area contributed by atoms with Gasteiger partial charge in [-0.1, -0.05) is 49.4 Å². The fourth-order valence-electron chi connectivity index (χ4n) is 4.15. The molecule has 6 nitrogen and oxygen atoms in total. The molecule has 1 aliphatic heterocycles. The molecule has 0 unspecified atom stereocenters. The van der Waals surface area contributed by atoms with Gasteiger partial charge in [-0.3, -0.25) is 9.69 Å². The predicted octanol–water partition coefficient (Wildman–Crippen LogP) is 3.49. The van der Waals surface area contributed by atoms with Crippen molar-refractivity contribution in [1.29, 1.82) is 0 Å². The molecule has 3 rings (SSSR count). The maximum Gasteiger partial charge on any atom is 0.228 e. The summed E-state index contributed by atoms with van der Waals surface area (Å²) < 4.78 is 5.19. The van der Waals surface area contributed by atoms with Crippen molar-refractivity contribution in [2.75, 3.05) is 26.7 Å². The monoisotopic (exact) mass is 436 g/mol. The van der Waals surface area contributed by atoms with Gasteiger partial charge in [0.15, 0.2) is 0 Å². The van der Waals surface area contributed by atoms with Crippen LogP contribution in [0, 0.1) is 0 Å². The Hall–Kier alpha value is -2.99. The van der Waals surface area contributed by atoms with Crippen molar-refractivity contribution in [2.24, 2.45) is 5.73 Å². The van der Waals surface area contributed by atoms with Crippen LogP contribution in [0.15, 0.2) is 66.6 Å². The molecule has 1 fully saturated rings. The lowest BCUT2D eigenvalue weighted by molar-refractivity contribution is -0.131. The molecule has 1 saturated heterocycles. The second-order valence-corrected chi connectivity index (χ2v) is 8.22. The van der Waals surface area contributed by atoms with E-state index in [2.05, 4.69) is 40.5 Å². The maximum atomic E-state index is 12.7. The van der Waals surface area contributed by atoms with E-state index in [4.69, 9.17) is 10.5 Å². The number of hydrogen-bond donors (Lipinski definition) is 2. The highest BCUT2D eigenvalue weighted by Crippen LogP contribution is 2.20. The summed E-state index contributed by atoms with van der Waals surface area (Å²) in [6, 6.07) is 18.6. The van der Waals surface area contributed by atoms with Gasteiger partial charge < -0.3 is 20.7 Å². The largest absolute Gasteiger partial charge is 0.497 e. The molecule has 0 aromatic heterocycles. The third kappa shape index (κ3) is 6.76. The number of carbonyl (C=O) groups is 1. The van der Waals surface area contributed by atoms with E-state index in [9.17, 15) is 4.79 Å². The molecule has 6 heteroatoms. The zero-order valence-electron chi connectivity index (χ0n) is 19.3. The van der Waals surface area contributed by atoms with Crippen molar-refractivity contribution >= 4 is 5.91 Å². The fraction of sp³-hybridized carbons (Fsp3) is 0.423. The van der Waals surface area contributed by atoms with E-state index in [-0.39, 0.29) is 11.9 Å². The van der Waals surface area contributed by atoms with Gasteiger partial charge >= 0.3 is 0 Å². The van der Waals surface area contributed by atoms with Gasteiger partial charge in [0.05, 0.1) is 7.11 Å². The van der Waals surface area contributed by atoms with Gasteiger partial charge in [-0.25, -0.2) is 0 Å². The lowest BCUT2D eigenvalue weighted by Gasteiger charge is -2.38. The molecule has 0 radical (unpaired) electrons. The fourth-order valence-corrected chi connectivity index (χ4v) is 4.15. The summed E-state index contributed by atoms with van der Waals surface area (Å²) in [7, 11) is 1.66. The van der Waals surface area contributed by atoms with Crippen LogP contribution in [0.4, 0.5) is 0 Å². The lowest BCUT2D eigenvalue weighted by atomic mass is 10.0. The molecular weight excluding hydrogens is 400 g/mol. The number of nitrogens with one attached hydrogen (secondary N) is 1. The van der Waals surface area contributed by atoms with E-state index < -0.39 is 0 Å². The highest BCUT2D eigenvalue weighted by molar-refractivity contribution is 5.78. The summed E-state index contributed by atoms with van der Waals surface area (Å²) >= 11 is 0. The molecule has 0 atom stereocenters. The molecule has 0 bridgehead atoms. The van der Waals surface area contributed by atoms with Gasteiger partial charge in [-0.15, -0.1) is 0 Å². The predicted molar refractivity (Wildman–Crippen MR) is 129 cm³/mol. The van der Waals surface area contributed by atoms with Crippen molar-refractivity contribution in [3.05, 3.63) is 77.7 Å². The normalized spacial score (nSPS) is 15.4. The molecule has 2 aromatic carbocycles. The van der Waals surface area contributed by atoms with Crippen molar-refractivity contribution in [1.82, 2.24) is 15.1 Å². The molecule has 3 N–H and O–H groups in total. The summed E-state index contributed by atoms with van der Waals surface area (Å²) in [5, 5.41) is 3.25. The first-order valence-electron chi connectivity index (χ1n) is 11.5. The summed E-state index contributed by atoms with van der Waals surface area (Å²) in [4.78, 5) is 17.0. The Balaban J connectivity index is 1.52. The Morgan fingerprint density at radius 1 is 1.12 bits per heavy atom. The molecule has 172 valence electrons. The Morgan fingerprint density at radius 3 is 2.44 bits per heavy atom. The van der Waals surface area contributed by atoms with Crippen molar-refractivity contribution in [3.8, 4) is 5.75 Å². The second-order valence-electron chi connectivity index (χ2n) is 8.22. The number of carbonyl (C=O) groups excluding carboxylic acids is 1. The second kappa shape index (κ2) is 12.2. The van der Waals surface area contributed by atoms with Crippen LogP contribution in [0.25, 0.3) is 0 Å². The first-order chi connectivity index (χ1) is 15.6. The van der Waals surface area contributed by atoms with Crippen LogP contribution in [0.1, 0.15) is 37.3 Å². The number of nitrogens with zero attached hydrogens (tertiary/aromatic N) is 2. The van der Waals surface area contributed by atoms with Gasteiger partial charge in [0.2, 0.25) is 5.91 Å². The number of benzene rings is 2. The smallest absolute Gasteiger partial charge is 0.228 e. The molecule has 2 aromatic rings. The lowest BCUT2D eigenvalue weighted by Crippen LogP contribution is -2.48. The van der Waals surface area contributed by atoms with Crippen molar-refractivity contribution < 1.29 is 9.53 Å². The standard InChI is InChI=1S/C26H36N4O2/c1-3-26(31)30(25(27)20-28-19-22-9-11-24(32-2)12-10-22)23-14-17-29(18-15-23)16-13-21-7-5-4-6-8-21/h4-12,20,23,28H,3,13-19,27H2,1-2H3/b25-20+. The minimum atomic E-state index is 0.0766. The van der Waals surface area contributed by atoms with Gasteiger partial charge in [0, 0.05) is 44.8 Å². The van der Waals surface area contributed by atoms with Gasteiger partial charge in [0.1, 0.15) is 11.6 Å². The SMILES string of the molecule is CCC(=O)N(/C(N)=C/NCc1ccc(OC)cc1)C1CCN(CCc2ccccc2)CC1. The molecule has 32 heavy (non-hydrogen) atoms. The van der Waals surface area contributed by atoms with Crippen LogP contribution < -0.4 is 15.8 Å². The van der Waals surface area contributed by atoms with E-state index in [1.807, 2.05) is 31.2 Å². The Labute approximate surface area is 192 Å². The van der Waals surface area contributed by atoms with Crippen LogP contribution in [-0.4, -0.2) is 48.5 Å². The van der Waals surface area contributed by atoms with E-state index >= 15 is 0 Å². The number of piperidine rings is 1. The van der Waals surface area contributed by atoms with E-state index in [0.717, 1.165) is 50.2 Å². The maximum absolute atomic E-state index is 12.7. The average Bonchev–Trinajstić information content (AvgIpc) is 2.84. The van der Waals surface area contributed by atoms with Gasteiger partial charge in [0.25, 0.3) is 0 Å². The summed E-state index contributed by atoms with van der Waals surface area (Å²) in [6.45, 7) is 5.54. The Bertz CT molecular complexity index is 859. The highest BCUT2D eigenvalue weighted by atomic mass is 16.5. The topological polar surface area (TPSA) is 70.8 Å². The number of likely N-dealkylation sites (tertiary alicyclic amines) is 1. The number of hydrogen-bond acceptors (Lipinski definition) is 5. The van der Waals surface area contributed by atoms with Crippen molar-refractivity contribution in [3.63, 3.8) is 0 Å². The summed E-state index contributed by atoms with van der Waals surface area (Å²) in [5.41, 5.74) is 8.86. The van der Waals surface area contributed by atoms with Gasteiger partial charge in [-0.2, -0.15) is 0 Å². The number of nitrogens with two attached hydrogens (primary N) is 1. The number of rotatable bonds is 10. The van der Waals surface area contributed by atoms with Crippen LogP contribution in [0.2, 0.25) is 0 Å². The zero-order chi connectivity index (χ0) is 22.8. The van der Waals surface area contributed by atoms with Crippen molar-refractivity contribution in [2.45, 2.75) is 45.2 Å². The molecule has 0 aliphatic carbocycles.